The Hall–Kier alpha value is -1.86. The van der Waals surface area contributed by atoms with E-state index in [0.717, 1.165) is 19.3 Å². The molecule has 0 unspecified atom stereocenters. The molecule has 1 aromatic rings. The van der Waals surface area contributed by atoms with E-state index in [2.05, 4.69) is 5.32 Å². The highest BCUT2D eigenvalue weighted by molar-refractivity contribution is 5.94. The van der Waals surface area contributed by atoms with Gasteiger partial charge in [-0.05, 0) is 43.5 Å². The second kappa shape index (κ2) is 4.56. The molecule has 1 aliphatic rings. The number of rotatable bonds is 3. The summed E-state index contributed by atoms with van der Waals surface area (Å²) >= 11 is 0. The Morgan fingerprint density at radius 2 is 2.06 bits per heavy atom. The molecule has 0 radical (unpaired) electrons. The van der Waals surface area contributed by atoms with Crippen molar-refractivity contribution in [1.29, 1.82) is 5.26 Å². The molecular weight excluding hydrogens is 216 g/mol. The van der Waals surface area contributed by atoms with Crippen molar-refractivity contribution < 1.29 is 9.90 Å². The molecule has 4 nitrogen and oxygen atoms in total. The number of carbonyl (C=O) groups excluding carboxylic acids is 1. The molecule has 4 heteroatoms. The molecule has 0 atom stereocenters. The highest BCUT2D eigenvalue weighted by atomic mass is 16.3. The molecule has 1 amide bonds. The molecule has 0 bridgehead atoms. The van der Waals surface area contributed by atoms with Gasteiger partial charge >= 0.3 is 0 Å². The van der Waals surface area contributed by atoms with E-state index >= 15 is 0 Å². The molecule has 0 saturated heterocycles. The summed E-state index contributed by atoms with van der Waals surface area (Å²) in [4.78, 5) is 11.7. The maximum Gasteiger partial charge on any atom is 0.251 e. The Labute approximate surface area is 99.9 Å². The van der Waals surface area contributed by atoms with Crippen LogP contribution in [0.15, 0.2) is 24.3 Å². The highest BCUT2D eigenvalue weighted by Gasteiger charge is 2.34. The maximum absolute atomic E-state index is 11.7. The summed E-state index contributed by atoms with van der Waals surface area (Å²) in [5, 5.41) is 21.2. The van der Waals surface area contributed by atoms with Crippen molar-refractivity contribution in [3.05, 3.63) is 35.4 Å². The molecule has 0 heterocycles. The second-order valence-electron chi connectivity index (χ2n) is 4.45. The average molecular weight is 230 g/mol. The van der Waals surface area contributed by atoms with Gasteiger partial charge in [-0.25, -0.2) is 0 Å². The van der Waals surface area contributed by atoms with Crippen LogP contribution in [0.25, 0.3) is 0 Å². The molecule has 88 valence electrons. The van der Waals surface area contributed by atoms with Crippen molar-refractivity contribution in [2.75, 3.05) is 6.54 Å². The Kier molecular flexibility index (Phi) is 3.12. The first-order valence-corrected chi connectivity index (χ1v) is 5.64. The standard InChI is InChI=1S/C13H14N2O2/c14-8-10-2-4-11(5-3-10)12(16)15-9-13(17)6-1-7-13/h2-5,17H,1,6-7,9H2,(H,15,16). The van der Waals surface area contributed by atoms with E-state index < -0.39 is 5.60 Å². The van der Waals surface area contributed by atoms with Crippen LogP contribution in [0, 0.1) is 11.3 Å². The third-order valence-corrected chi connectivity index (χ3v) is 3.14. The first kappa shape index (κ1) is 11.6. The van der Waals surface area contributed by atoms with E-state index in [0.29, 0.717) is 17.7 Å². The van der Waals surface area contributed by atoms with Crippen LogP contribution in [0.1, 0.15) is 35.2 Å². The van der Waals surface area contributed by atoms with E-state index in [-0.39, 0.29) is 5.91 Å². The predicted octanol–water partition coefficient (Wildman–Crippen LogP) is 1.20. The molecule has 17 heavy (non-hydrogen) atoms. The number of nitrogens with one attached hydrogen (secondary N) is 1. The van der Waals surface area contributed by atoms with E-state index in [1.54, 1.807) is 24.3 Å². The van der Waals surface area contributed by atoms with Gasteiger partial charge in [0.05, 0.1) is 17.2 Å². The van der Waals surface area contributed by atoms with Crippen LogP contribution < -0.4 is 5.32 Å². The van der Waals surface area contributed by atoms with Gasteiger partial charge in [-0.2, -0.15) is 5.26 Å². The molecule has 1 saturated carbocycles. The first-order valence-electron chi connectivity index (χ1n) is 5.64. The van der Waals surface area contributed by atoms with E-state index in [1.165, 1.54) is 0 Å². The number of carbonyl (C=O) groups is 1. The number of hydrogen-bond acceptors (Lipinski definition) is 3. The van der Waals surface area contributed by atoms with Crippen molar-refractivity contribution in [1.82, 2.24) is 5.32 Å². The summed E-state index contributed by atoms with van der Waals surface area (Å²) in [6, 6.07) is 8.42. The Morgan fingerprint density at radius 1 is 1.41 bits per heavy atom. The minimum atomic E-state index is -0.706. The number of benzene rings is 1. The van der Waals surface area contributed by atoms with Crippen LogP contribution in [-0.4, -0.2) is 23.2 Å². The van der Waals surface area contributed by atoms with Crippen LogP contribution in [0.4, 0.5) is 0 Å². The summed E-state index contributed by atoms with van der Waals surface area (Å²) in [6.07, 6.45) is 2.52. The third-order valence-electron chi connectivity index (χ3n) is 3.14. The molecule has 1 aromatic carbocycles. The fourth-order valence-corrected chi connectivity index (χ4v) is 1.80. The van der Waals surface area contributed by atoms with Gasteiger partial charge in [-0.1, -0.05) is 0 Å². The van der Waals surface area contributed by atoms with Crippen molar-refractivity contribution in [2.45, 2.75) is 24.9 Å². The quantitative estimate of drug-likeness (QED) is 0.819. The molecule has 2 N–H and O–H groups in total. The van der Waals surface area contributed by atoms with Crippen LogP contribution in [0.3, 0.4) is 0 Å². The van der Waals surface area contributed by atoms with Gasteiger partial charge in [0.2, 0.25) is 0 Å². The zero-order valence-electron chi connectivity index (χ0n) is 9.44. The Balaban J connectivity index is 1.93. The normalized spacial score (nSPS) is 16.7. The summed E-state index contributed by atoms with van der Waals surface area (Å²) in [5.74, 6) is -0.213. The largest absolute Gasteiger partial charge is 0.388 e. The van der Waals surface area contributed by atoms with Crippen molar-refractivity contribution in [2.24, 2.45) is 0 Å². The molecule has 2 rings (SSSR count). The van der Waals surface area contributed by atoms with Crippen LogP contribution >= 0.6 is 0 Å². The molecule has 0 spiro atoms. The fourth-order valence-electron chi connectivity index (χ4n) is 1.80. The Morgan fingerprint density at radius 3 is 2.53 bits per heavy atom. The van der Waals surface area contributed by atoms with Gasteiger partial charge in [0.25, 0.3) is 5.91 Å². The van der Waals surface area contributed by atoms with Crippen molar-refractivity contribution in [3.63, 3.8) is 0 Å². The smallest absolute Gasteiger partial charge is 0.251 e. The number of amides is 1. The van der Waals surface area contributed by atoms with Crippen LogP contribution in [0.2, 0.25) is 0 Å². The zero-order valence-corrected chi connectivity index (χ0v) is 9.44. The van der Waals surface area contributed by atoms with Crippen molar-refractivity contribution in [3.8, 4) is 6.07 Å². The number of nitrogens with zero attached hydrogens (tertiary/aromatic N) is 1. The molecule has 0 aliphatic heterocycles. The SMILES string of the molecule is N#Cc1ccc(C(=O)NCC2(O)CCC2)cc1. The fraction of sp³-hybridized carbons (Fsp3) is 0.385. The minimum absolute atomic E-state index is 0.213. The number of nitriles is 1. The summed E-state index contributed by atoms with van der Waals surface area (Å²) in [5.41, 5.74) is 0.327. The summed E-state index contributed by atoms with van der Waals surface area (Å²) < 4.78 is 0. The topological polar surface area (TPSA) is 73.1 Å². The molecular formula is C13H14N2O2. The minimum Gasteiger partial charge on any atom is -0.388 e. The lowest BCUT2D eigenvalue weighted by molar-refractivity contribution is -0.0300. The summed E-state index contributed by atoms with van der Waals surface area (Å²) in [7, 11) is 0. The van der Waals surface area contributed by atoms with Crippen LogP contribution in [-0.2, 0) is 0 Å². The number of aliphatic hydroxyl groups is 1. The highest BCUT2D eigenvalue weighted by Crippen LogP contribution is 2.30. The van der Waals surface area contributed by atoms with Gasteiger partial charge in [-0.3, -0.25) is 4.79 Å². The zero-order chi connectivity index (χ0) is 12.3. The van der Waals surface area contributed by atoms with Crippen LogP contribution in [0.5, 0.6) is 0 Å². The molecule has 1 fully saturated rings. The third kappa shape index (κ3) is 2.63. The van der Waals surface area contributed by atoms with Gasteiger partial charge < -0.3 is 10.4 Å². The van der Waals surface area contributed by atoms with Gasteiger partial charge in [0.15, 0.2) is 0 Å². The Bertz CT molecular complexity index is 455. The van der Waals surface area contributed by atoms with Crippen molar-refractivity contribution >= 4 is 5.91 Å². The lowest BCUT2D eigenvalue weighted by Gasteiger charge is -2.36. The number of hydrogen-bond donors (Lipinski definition) is 2. The van der Waals surface area contributed by atoms with E-state index in [9.17, 15) is 9.90 Å². The predicted molar refractivity (Wildman–Crippen MR) is 62.3 cm³/mol. The van der Waals surface area contributed by atoms with Gasteiger partial charge in [0.1, 0.15) is 0 Å². The van der Waals surface area contributed by atoms with E-state index in [4.69, 9.17) is 5.26 Å². The van der Waals surface area contributed by atoms with E-state index in [1.807, 2.05) is 6.07 Å². The lowest BCUT2D eigenvalue weighted by Crippen LogP contribution is -2.47. The lowest BCUT2D eigenvalue weighted by atomic mass is 9.80. The molecule has 0 aromatic heterocycles. The first-order chi connectivity index (χ1) is 8.13. The van der Waals surface area contributed by atoms with Gasteiger partial charge in [-0.15, -0.1) is 0 Å². The molecule has 1 aliphatic carbocycles. The summed E-state index contributed by atoms with van der Waals surface area (Å²) in [6.45, 7) is 0.297. The monoisotopic (exact) mass is 230 g/mol. The average Bonchev–Trinajstić information content (AvgIpc) is 2.33. The second-order valence-corrected chi connectivity index (χ2v) is 4.45. The maximum atomic E-state index is 11.7. The van der Waals surface area contributed by atoms with Gasteiger partial charge in [0, 0.05) is 12.1 Å².